The molecule has 0 atom stereocenters. The van der Waals surface area contributed by atoms with Gasteiger partial charge in [0.05, 0.1) is 0 Å². The van der Waals surface area contributed by atoms with Crippen molar-refractivity contribution in [3.8, 4) is 11.6 Å². The summed E-state index contributed by atoms with van der Waals surface area (Å²) in [6, 6.07) is 9.33. The Morgan fingerprint density at radius 3 is 2.81 bits per heavy atom. The standard InChI is InChI=1S/C17H21FN2O/c1-4-19-11-14-8-9-20-17(16(14)18)21-15-7-5-6-13(10-15)12(2)3/h5-10,12,19H,4,11H2,1-3H3. The van der Waals surface area contributed by atoms with E-state index in [0.29, 0.717) is 23.8 Å². The normalized spacial score (nSPS) is 10.9. The molecule has 3 nitrogen and oxygen atoms in total. The lowest BCUT2D eigenvalue weighted by molar-refractivity contribution is 0.417. The van der Waals surface area contributed by atoms with E-state index in [1.54, 1.807) is 12.3 Å². The Morgan fingerprint density at radius 2 is 2.10 bits per heavy atom. The molecule has 0 fully saturated rings. The fourth-order valence-electron chi connectivity index (χ4n) is 1.98. The van der Waals surface area contributed by atoms with E-state index in [9.17, 15) is 4.39 Å². The molecule has 0 unspecified atom stereocenters. The lowest BCUT2D eigenvalue weighted by Gasteiger charge is -2.11. The maximum absolute atomic E-state index is 14.3. The quantitative estimate of drug-likeness (QED) is 0.863. The first-order valence-electron chi connectivity index (χ1n) is 7.23. The van der Waals surface area contributed by atoms with E-state index in [4.69, 9.17) is 4.74 Å². The average Bonchev–Trinajstić information content (AvgIpc) is 2.48. The molecule has 0 amide bonds. The highest BCUT2D eigenvalue weighted by Crippen LogP contribution is 2.26. The molecule has 1 heterocycles. The van der Waals surface area contributed by atoms with Crippen molar-refractivity contribution in [1.29, 1.82) is 0 Å². The van der Waals surface area contributed by atoms with Crippen LogP contribution >= 0.6 is 0 Å². The smallest absolute Gasteiger partial charge is 0.256 e. The molecular formula is C17H21FN2O. The Kier molecular flexibility index (Phi) is 5.28. The van der Waals surface area contributed by atoms with Gasteiger partial charge in [-0.1, -0.05) is 32.9 Å². The fraction of sp³-hybridized carbons (Fsp3) is 0.353. The Labute approximate surface area is 125 Å². The minimum Gasteiger partial charge on any atom is -0.436 e. The molecule has 0 saturated carbocycles. The van der Waals surface area contributed by atoms with E-state index in [0.717, 1.165) is 12.1 Å². The number of hydrogen-bond donors (Lipinski definition) is 1. The van der Waals surface area contributed by atoms with Crippen molar-refractivity contribution >= 4 is 0 Å². The van der Waals surface area contributed by atoms with E-state index in [2.05, 4.69) is 24.1 Å². The van der Waals surface area contributed by atoms with Crippen molar-refractivity contribution in [3.05, 3.63) is 53.5 Å². The SMILES string of the molecule is CCNCc1ccnc(Oc2cccc(C(C)C)c2)c1F. The first-order chi connectivity index (χ1) is 10.1. The van der Waals surface area contributed by atoms with E-state index in [1.807, 2.05) is 31.2 Å². The zero-order chi connectivity index (χ0) is 15.2. The number of rotatable bonds is 6. The van der Waals surface area contributed by atoms with E-state index in [1.165, 1.54) is 0 Å². The molecule has 0 aliphatic rings. The van der Waals surface area contributed by atoms with E-state index >= 15 is 0 Å². The number of benzene rings is 1. The molecule has 0 aliphatic heterocycles. The average molecular weight is 288 g/mol. The highest BCUT2D eigenvalue weighted by atomic mass is 19.1. The summed E-state index contributed by atoms with van der Waals surface area (Å²) in [6.07, 6.45) is 1.57. The number of pyridine rings is 1. The first-order valence-corrected chi connectivity index (χ1v) is 7.23. The van der Waals surface area contributed by atoms with Gasteiger partial charge in [0.1, 0.15) is 5.75 Å². The predicted octanol–water partition coefficient (Wildman–Crippen LogP) is 4.25. The molecule has 0 saturated heterocycles. The Morgan fingerprint density at radius 1 is 1.29 bits per heavy atom. The van der Waals surface area contributed by atoms with Crippen LogP contribution in [0, 0.1) is 5.82 Å². The predicted molar refractivity (Wildman–Crippen MR) is 82.2 cm³/mol. The monoisotopic (exact) mass is 288 g/mol. The van der Waals surface area contributed by atoms with Crippen LogP contribution in [0.15, 0.2) is 36.5 Å². The molecule has 0 aliphatic carbocycles. The highest BCUT2D eigenvalue weighted by Gasteiger charge is 2.12. The van der Waals surface area contributed by atoms with Gasteiger partial charge in [-0.05, 0) is 36.2 Å². The van der Waals surface area contributed by atoms with Gasteiger partial charge in [0.15, 0.2) is 5.82 Å². The van der Waals surface area contributed by atoms with Crippen LogP contribution in [0.1, 0.15) is 37.8 Å². The molecule has 2 rings (SSSR count). The minimum atomic E-state index is -0.409. The van der Waals surface area contributed by atoms with Crippen molar-refractivity contribution in [2.45, 2.75) is 33.2 Å². The summed E-state index contributed by atoms with van der Waals surface area (Å²) >= 11 is 0. The van der Waals surface area contributed by atoms with E-state index < -0.39 is 5.82 Å². The summed E-state index contributed by atoms with van der Waals surface area (Å²) in [5.74, 6) is 0.611. The minimum absolute atomic E-state index is 0.0197. The third kappa shape index (κ3) is 4.02. The molecule has 21 heavy (non-hydrogen) atoms. The van der Waals surface area contributed by atoms with E-state index in [-0.39, 0.29) is 5.88 Å². The molecule has 0 spiro atoms. The summed E-state index contributed by atoms with van der Waals surface area (Å²) in [5, 5.41) is 3.10. The van der Waals surface area contributed by atoms with Gasteiger partial charge in [0, 0.05) is 18.3 Å². The van der Waals surface area contributed by atoms with Crippen molar-refractivity contribution < 1.29 is 9.13 Å². The topological polar surface area (TPSA) is 34.2 Å². The number of nitrogens with zero attached hydrogens (tertiary/aromatic N) is 1. The number of halogens is 1. The van der Waals surface area contributed by atoms with Crippen molar-refractivity contribution in [1.82, 2.24) is 10.3 Å². The fourth-order valence-corrected chi connectivity index (χ4v) is 1.98. The van der Waals surface area contributed by atoms with Gasteiger partial charge in [0.2, 0.25) is 0 Å². The van der Waals surface area contributed by atoms with Crippen LogP contribution in [-0.2, 0) is 6.54 Å². The molecule has 0 radical (unpaired) electrons. The second-order valence-corrected chi connectivity index (χ2v) is 5.20. The van der Waals surface area contributed by atoms with Crippen LogP contribution in [-0.4, -0.2) is 11.5 Å². The summed E-state index contributed by atoms with van der Waals surface area (Å²) < 4.78 is 19.9. The maximum atomic E-state index is 14.3. The second kappa shape index (κ2) is 7.18. The summed E-state index contributed by atoms with van der Waals surface area (Å²) in [4.78, 5) is 3.99. The van der Waals surface area contributed by atoms with Crippen LogP contribution in [0.3, 0.4) is 0 Å². The van der Waals surface area contributed by atoms with Crippen LogP contribution in [0.25, 0.3) is 0 Å². The Hall–Kier alpha value is -1.94. The van der Waals surface area contributed by atoms with Crippen molar-refractivity contribution in [2.75, 3.05) is 6.54 Å². The van der Waals surface area contributed by atoms with Gasteiger partial charge in [-0.25, -0.2) is 9.37 Å². The molecule has 2 aromatic rings. The second-order valence-electron chi connectivity index (χ2n) is 5.20. The van der Waals surface area contributed by atoms with Crippen LogP contribution in [0.5, 0.6) is 11.6 Å². The Bertz CT molecular complexity index is 599. The maximum Gasteiger partial charge on any atom is 0.256 e. The van der Waals surface area contributed by atoms with Crippen LogP contribution < -0.4 is 10.1 Å². The third-order valence-corrected chi connectivity index (χ3v) is 3.24. The third-order valence-electron chi connectivity index (χ3n) is 3.24. The lowest BCUT2D eigenvalue weighted by Crippen LogP contribution is -2.13. The number of ether oxygens (including phenoxy) is 1. The van der Waals surface area contributed by atoms with Crippen LogP contribution in [0.4, 0.5) is 4.39 Å². The highest BCUT2D eigenvalue weighted by molar-refractivity contribution is 5.34. The van der Waals surface area contributed by atoms with Crippen molar-refractivity contribution in [2.24, 2.45) is 0 Å². The first kappa shape index (κ1) is 15.4. The van der Waals surface area contributed by atoms with Gasteiger partial charge >= 0.3 is 0 Å². The molecule has 112 valence electrons. The van der Waals surface area contributed by atoms with Gasteiger partial charge in [-0.15, -0.1) is 0 Å². The Balaban J connectivity index is 2.21. The molecular weight excluding hydrogens is 267 g/mol. The lowest BCUT2D eigenvalue weighted by atomic mass is 10.0. The number of hydrogen-bond acceptors (Lipinski definition) is 3. The molecule has 4 heteroatoms. The zero-order valence-corrected chi connectivity index (χ0v) is 12.7. The molecule has 1 aromatic heterocycles. The molecule has 1 N–H and O–H groups in total. The largest absolute Gasteiger partial charge is 0.436 e. The summed E-state index contributed by atoms with van der Waals surface area (Å²) in [7, 11) is 0. The van der Waals surface area contributed by atoms with Crippen molar-refractivity contribution in [3.63, 3.8) is 0 Å². The van der Waals surface area contributed by atoms with Gasteiger partial charge in [-0.2, -0.15) is 0 Å². The summed E-state index contributed by atoms with van der Waals surface area (Å²) in [6.45, 7) is 7.44. The van der Waals surface area contributed by atoms with Gasteiger partial charge in [-0.3, -0.25) is 0 Å². The molecule has 0 bridgehead atoms. The van der Waals surface area contributed by atoms with Gasteiger partial charge < -0.3 is 10.1 Å². The molecule has 1 aromatic carbocycles. The van der Waals surface area contributed by atoms with Gasteiger partial charge in [0.25, 0.3) is 5.88 Å². The zero-order valence-electron chi connectivity index (χ0n) is 12.7. The van der Waals surface area contributed by atoms with Crippen LogP contribution in [0.2, 0.25) is 0 Å². The summed E-state index contributed by atoms with van der Waals surface area (Å²) in [5.41, 5.74) is 1.71. The number of nitrogens with one attached hydrogen (secondary N) is 1. The number of aromatic nitrogens is 1.